The van der Waals surface area contributed by atoms with E-state index in [4.69, 9.17) is 16.0 Å². The molecular weight excluding hydrogens is 289 g/mol. The molecule has 0 bridgehead atoms. The number of halogens is 2. The second kappa shape index (κ2) is 4.40. The topological polar surface area (TPSA) is 25.2 Å². The van der Waals surface area contributed by atoms with Crippen molar-refractivity contribution in [2.75, 3.05) is 7.05 Å². The van der Waals surface area contributed by atoms with Gasteiger partial charge in [0.2, 0.25) is 0 Å². The van der Waals surface area contributed by atoms with Crippen LogP contribution in [0.3, 0.4) is 0 Å². The number of rotatable bonds is 2. The monoisotopic (exact) mass is 301 g/mol. The lowest BCUT2D eigenvalue weighted by Gasteiger charge is -2.07. The smallest absolute Gasteiger partial charge is 0.154 e. The molecule has 16 heavy (non-hydrogen) atoms. The van der Waals surface area contributed by atoms with Crippen molar-refractivity contribution in [3.05, 3.63) is 33.0 Å². The van der Waals surface area contributed by atoms with E-state index >= 15 is 0 Å². The SMILES string of the molecule is CNC(C)c1oc2c(Cl)ccc(Br)c2c1C. The molecule has 2 aromatic rings. The fourth-order valence-electron chi connectivity index (χ4n) is 1.84. The van der Waals surface area contributed by atoms with Gasteiger partial charge in [0.25, 0.3) is 0 Å². The maximum absolute atomic E-state index is 6.13. The van der Waals surface area contributed by atoms with Gasteiger partial charge in [0.15, 0.2) is 5.58 Å². The zero-order chi connectivity index (χ0) is 11.9. The second-order valence-corrected chi connectivity index (χ2v) is 5.10. The van der Waals surface area contributed by atoms with Gasteiger partial charge < -0.3 is 9.73 Å². The minimum Gasteiger partial charge on any atom is -0.458 e. The van der Waals surface area contributed by atoms with Gasteiger partial charge in [-0.1, -0.05) is 27.5 Å². The first-order chi connectivity index (χ1) is 7.56. The second-order valence-electron chi connectivity index (χ2n) is 3.84. The van der Waals surface area contributed by atoms with E-state index < -0.39 is 0 Å². The Morgan fingerprint density at radius 3 is 2.69 bits per heavy atom. The molecule has 1 aromatic carbocycles. The Balaban J connectivity index is 2.77. The largest absolute Gasteiger partial charge is 0.458 e. The quantitative estimate of drug-likeness (QED) is 0.887. The molecule has 1 heterocycles. The Bertz CT molecular complexity index is 535. The van der Waals surface area contributed by atoms with Crippen molar-refractivity contribution in [1.82, 2.24) is 5.32 Å². The van der Waals surface area contributed by atoms with E-state index in [9.17, 15) is 0 Å². The molecule has 2 nitrogen and oxygen atoms in total. The van der Waals surface area contributed by atoms with Crippen molar-refractivity contribution < 1.29 is 4.42 Å². The molecule has 0 aliphatic carbocycles. The van der Waals surface area contributed by atoms with Crippen LogP contribution in [0.1, 0.15) is 24.3 Å². The summed E-state index contributed by atoms with van der Waals surface area (Å²) < 4.78 is 6.86. The van der Waals surface area contributed by atoms with Crippen LogP contribution >= 0.6 is 27.5 Å². The summed E-state index contributed by atoms with van der Waals surface area (Å²) in [5.74, 6) is 0.936. The predicted molar refractivity (Wildman–Crippen MR) is 71.1 cm³/mol. The molecule has 2 rings (SSSR count). The van der Waals surface area contributed by atoms with Crippen molar-refractivity contribution in [2.45, 2.75) is 19.9 Å². The van der Waals surface area contributed by atoms with E-state index in [1.807, 2.05) is 19.2 Å². The minimum absolute atomic E-state index is 0.176. The summed E-state index contributed by atoms with van der Waals surface area (Å²) in [6.45, 7) is 4.11. The molecule has 1 atom stereocenters. The van der Waals surface area contributed by atoms with Crippen molar-refractivity contribution in [1.29, 1.82) is 0 Å². The number of benzene rings is 1. The number of furan rings is 1. The summed E-state index contributed by atoms with van der Waals surface area (Å²) in [6, 6.07) is 3.96. The number of hydrogen-bond donors (Lipinski definition) is 1. The molecule has 0 aliphatic heterocycles. The van der Waals surface area contributed by atoms with E-state index in [2.05, 4.69) is 35.1 Å². The van der Waals surface area contributed by atoms with Crippen LogP contribution in [0, 0.1) is 6.92 Å². The first-order valence-corrected chi connectivity index (χ1v) is 6.27. The number of hydrogen-bond acceptors (Lipinski definition) is 2. The third-order valence-electron chi connectivity index (χ3n) is 2.84. The molecule has 1 unspecified atom stereocenters. The van der Waals surface area contributed by atoms with Gasteiger partial charge in [-0.2, -0.15) is 0 Å². The first-order valence-electron chi connectivity index (χ1n) is 5.10. The van der Waals surface area contributed by atoms with Crippen LogP contribution in [-0.4, -0.2) is 7.05 Å². The molecule has 0 fully saturated rings. The molecule has 0 radical (unpaired) electrons. The van der Waals surface area contributed by atoms with Crippen LogP contribution in [0.25, 0.3) is 11.0 Å². The number of aryl methyl sites for hydroxylation is 1. The van der Waals surface area contributed by atoms with Crippen LogP contribution in [0.4, 0.5) is 0 Å². The van der Waals surface area contributed by atoms with Crippen molar-refractivity contribution >= 4 is 38.5 Å². The summed E-state index contributed by atoms with van der Waals surface area (Å²) in [4.78, 5) is 0. The van der Waals surface area contributed by atoms with Crippen LogP contribution in [0.5, 0.6) is 0 Å². The summed E-state index contributed by atoms with van der Waals surface area (Å²) in [5, 5.41) is 4.88. The highest BCUT2D eigenvalue weighted by Gasteiger charge is 2.18. The zero-order valence-corrected chi connectivity index (χ0v) is 11.7. The maximum Gasteiger partial charge on any atom is 0.154 e. The standard InChI is InChI=1S/C12H13BrClNO/c1-6-10-8(13)4-5-9(14)12(10)16-11(6)7(2)15-3/h4-5,7,15H,1-3H3. The van der Waals surface area contributed by atoms with Gasteiger partial charge in [-0.05, 0) is 33.0 Å². The van der Waals surface area contributed by atoms with Crippen LogP contribution in [0.15, 0.2) is 21.0 Å². The van der Waals surface area contributed by atoms with E-state index in [-0.39, 0.29) is 6.04 Å². The Labute approximate surface area is 108 Å². The van der Waals surface area contributed by atoms with E-state index in [0.29, 0.717) is 5.02 Å². The predicted octanol–water partition coefficient (Wildman–Crippen LogP) is 4.44. The minimum atomic E-state index is 0.176. The lowest BCUT2D eigenvalue weighted by atomic mass is 10.1. The average Bonchev–Trinajstić information content (AvgIpc) is 2.62. The van der Waals surface area contributed by atoms with E-state index in [1.165, 1.54) is 0 Å². The van der Waals surface area contributed by atoms with Crippen molar-refractivity contribution in [3.63, 3.8) is 0 Å². The summed E-state index contributed by atoms with van der Waals surface area (Å²) in [7, 11) is 1.91. The third kappa shape index (κ3) is 1.77. The maximum atomic E-state index is 6.13. The van der Waals surface area contributed by atoms with Crippen molar-refractivity contribution in [2.24, 2.45) is 0 Å². The highest BCUT2D eigenvalue weighted by Crippen LogP contribution is 2.37. The Morgan fingerprint density at radius 2 is 2.12 bits per heavy atom. The van der Waals surface area contributed by atoms with Crippen LogP contribution < -0.4 is 5.32 Å². The van der Waals surface area contributed by atoms with Crippen LogP contribution in [-0.2, 0) is 0 Å². The van der Waals surface area contributed by atoms with Gasteiger partial charge >= 0.3 is 0 Å². The Morgan fingerprint density at radius 1 is 1.44 bits per heavy atom. The molecule has 0 aliphatic rings. The van der Waals surface area contributed by atoms with Gasteiger partial charge in [0.1, 0.15) is 5.76 Å². The van der Waals surface area contributed by atoms with Crippen molar-refractivity contribution in [3.8, 4) is 0 Å². The number of fused-ring (bicyclic) bond motifs is 1. The molecule has 0 saturated carbocycles. The summed E-state index contributed by atoms with van der Waals surface area (Å²) in [6.07, 6.45) is 0. The molecule has 0 amide bonds. The Hall–Kier alpha value is -0.510. The number of nitrogens with one attached hydrogen (secondary N) is 1. The van der Waals surface area contributed by atoms with Gasteiger partial charge in [-0.15, -0.1) is 0 Å². The van der Waals surface area contributed by atoms with E-state index in [0.717, 1.165) is 26.8 Å². The average molecular weight is 303 g/mol. The lowest BCUT2D eigenvalue weighted by Crippen LogP contribution is -2.12. The van der Waals surface area contributed by atoms with Crippen LogP contribution in [0.2, 0.25) is 5.02 Å². The lowest BCUT2D eigenvalue weighted by molar-refractivity contribution is 0.471. The molecule has 86 valence electrons. The first kappa shape index (κ1) is 12.0. The summed E-state index contributed by atoms with van der Waals surface area (Å²) >= 11 is 9.65. The van der Waals surface area contributed by atoms with Gasteiger partial charge in [-0.25, -0.2) is 0 Å². The molecular formula is C12H13BrClNO. The summed E-state index contributed by atoms with van der Waals surface area (Å²) in [5.41, 5.74) is 1.89. The molecule has 0 saturated heterocycles. The normalized spacial score (nSPS) is 13.3. The van der Waals surface area contributed by atoms with Gasteiger partial charge in [-0.3, -0.25) is 0 Å². The molecule has 1 N–H and O–H groups in total. The fraction of sp³-hybridized carbons (Fsp3) is 0.333. The highest BCUT2D eigenvalue weighted by atomic mass is 79.9. The zero-order valence-electron chi connectivity index (χ0n) is 9.40. The fourth-order valence-corrected chi connectivity index (χ4v) is 2.64. The molecule has 1 aromatic heterocycles. The molecule has 0 spiro atoms. The highest BCUT2D eigenvalue weighted by molar-refractivity contribution is 9.10. The Kier molecular flexibility index (Phi) is 3.29. The van der Waals surface area contributed by atoms with Gasteiger partial charge in [0, 0.05) is 15.4 Å². The third-order valence-corrected chi connectivity index (χ3v) is 3.80. The van der Waals surface area contributed by atoms with E-state index in [1.54, 1.807) is 0 Å². The molecule has 4 heteroatoms. The van der Waals surface area contributed by atoms with Gasteiger partial charge in [0.05, 0.1) is 11.1 Å².